The van der Waals surface area contributed by atoms with Gasteiger partial charge in [-0.15, -0.1) is 0 Å². The van der Waals surface area contributed by atoms with Gasteiger partial charge in [-0.05, 0) is 0 Å². The number of hydrogen-bond donors (Lipinski definition) is 0. The minimum absolute atomic E-state index is 2.62. The maximum Gasteiger partial charge on any atom is 0.465 e. The molecule has 0 aromatic heterocycles. The molecular weight excluding hydrogens is 196 g/mol. The predicted octanol–water partition coefficient (Wildman–Crippen LogP) is 0.464. The highest BCUT2D eigenvalue weighted by atomic mass is 32.3. The Bertz CT molecular complexity index is 246. The van der Waals surface area contributed by atoms with Crippen LogP contribution in [0.1, 0.15) is 0 Å². The topological polar surface area (TPSA) is 52.6 Å². The summed E-state index contributed by atoms with van der Waals surface area (Å²) in [6, 6.07) is 0. The fourth-order valence-corrected chi connectivity index (χ4v) is 1.11. The molecule has 0 N–H and O–H groups in total. The lowest BCUT2D eigenvalue weighted by molar-refractivity contribution is -0.344. The molecule has 0 bridgehead atoms. The third kappa shape index (κ3) is 1.30. The van der Waals surface area contributed by atoms with Crippen LogP contribution in [0.5, 0.6) is 0 Å². The van der Waals surface area contributed by atoms with E-state index in [0.29, 0.717) is 0 Å². The first kappa shape index (κ1) is 8.68. The van der Waals surface area contributed by atoms with E-state index < -0.39 is 22.6 Å². The van der Waals surface area contributed by atoms with E-state index >= 15 is 0 Å². The highest BCUT2D eigenvalue weighted by Gasteiger charge is 2.71. The summed E-state index contributed by atoms with van der Waals surface area (Å²) in [6.07, 6.45) is -10.2. The molecule has 0 saturated carbocycles. The Balaban J connectivity index is 3.08. The predicted molar refractivity (Wildman–Crippen MR) is 21.0 cm³/mol. The standard InChI is InChI=1S/C2F4O4S/c3-1(4)2(5,6)10-11(7,8)9-1. The molecular formula is C2F4O4S. The zero-order valence-electron chi connectivity index (χ0n) is 4.55. The van der Waals surface area contributed by atoms with Crippen molar-refractivity contribution in [2.45, 2.75) is 12.2 Å². The smallest absolute Gasteiger partial charge is 0.170 e. The molecule has 0 amide bonds. The molecule has 1 rings (SSSR count). The molecule has 0 atom stereocenters. The van der Waals surface area contributed by atoms with Gasteiger partial charge in [-0.2, -0.15) is 34.3 Å². The van der Waals surface area contributed by atoms with Crippen molar-refractivity contribution in [1.82, 2.24) is 0 Å². The summed E-state index contributed by atoms with van der Waals surface area (Å²) in [4.78, 5) is 0. The highest BCUT2D eigenvalue weighted by Crippen LogP contribution is 2.44. The van der Waals surface area contributed by atoms with Crippen molar-refractivity contribution in [3.8, 4) is 0 Å². The van der Waals surface area contributed by atoms with E-state index in [1.54, 1.807) is 0 Å². The molecule has 9 heteroatoms. The molecule has 0 aromatic rings. The van der Waals surface area contributed by atoms with Gasteiger partial charge < -0.3 is 0 Å². The van der Waals surface area contributed by atoms with Crippen molar-refractivity contribution >= 4 is 10.4 Å². The minimum atomic E-state index is -5.26. The average Bonchev–Trinajstić information content (AvgIpc) is 1.66. The van der Waals surface area contributed by atoms with E-state index in [9.17, 15) is 26.0 Å². The molecule has 1 saturated heterocycles. The van der Waals surface area contributed by atoms with Crippen molar-refractivity contribution in [2.75, 3.05) is 0 Å². The molecule has 0 spiro atoms. The summed E-state index contributed by atoms with van der Waals surface area (Å²) in [7, 11) is -5.26. The third-order valence-electron chi connectivity index (χ3n) is 0.752. The van der Waals surface area contributed by atoms with Crippen LogP contribution in [0, 0.1) is 0 Å². The Hall–Kier alpha value is -0.410. The maximum atomic E-state index is 11.7. The lowest BCUT2D eigenvalue weighted by Crippen LogP contribution is -2.36. The van der Waals surface area contributed by atoms with Gasteiger partial charge in [0.25, 0.3) is 0 Å². The molecule has 1 aliphatic rings. The molecule has 0 unspecified atom stereocenters. The molecule has 0 aromatic carbocycles. The van der Waals surface area contributed by atoms with Crippen LogP contribution in [0.15, 0.2) is 0 Å². The Kier molecular flexibility index (Phi) is 1.46. The Labute approximate surface area is 58.0 Å². The van der Waals surface area contributed by atoms with Crippen molar-refractivity contribution in [3.63, 3.8) is 0 Å². The van der Waals surface area contributed by atoms with Gasteiger partial charge >= 0.3 is 22.6 Å². The van der Waals surface area contributed by atoms with Gasteiger partial charge in [0.1, 0.15) is 0 Å². The van der Waals surface area contributed by atoms with E-state index in [1.807, 2.05) is 0 Å². The van der Waals surface area contributed by atoms with Gasteiger partial charge in [0.15, 0.2) is 0 Å². The lowest BCUT2D eigenvalue weighted by Gasteiger charge is -2.09. The summed E-state index contributed by atoms with van der Waals surface area (Å²) in [5.74, 6) is 0. The summed E-state index contributed by atoms with van der Waals surface area (Å²) in [5.41, 5.74) is 0. The van der Waals surface area contributed by atoms with Gasteiger partial charge in [-0.25, -0.2) is 0 Å². The van der Waals surface area contributed by atoms with Gasteiger partial charge in [0, 0.05) is 0 Å². The van der Waals surface area contributed by atoms with Crippen molar-refractivity contribution in [2.24, 2.45) is 0 Å². The largest absolute Gasteiger partial charge is 0.465 e. The number of alkyl halides is 4. The monoisotopic (exact) mass is 196 g/mol. The molecule has 0 radical (unpaired) electrons. The molecule has 4 nitrogen and oxygen atoms in total. The van der Waals surface area contributed by atoms with E-state index in [1.165, 1.54) is 0 Å². The fourth-order valence-electron chi connectivity index (χ4n) is 0.370. The molecule has 11 heavy (non-hydrogen) atoms. The van der Waals surface area contributed by atoms with Gasteiger partial charge in [-0.1, -0.05) is 0 Å². The third-order valence-corrected chi connectivity index (χ3v) is 1.58. The minimum Gasteiger partial charge on any atom is -0.170 e. The molecule has 1 aliphatic heterocycles. The average molecular weight is 196 g/mol. The van der Waals surface area contributed by atoms with Crippen molar-refractivity contribution < 1.29 is 34.3 Å². The number of halogens is 4. The normalized spacial score (nSPS) is 32.0. The van der Waals surface area contributed by atoms with E-state index in [4.69, 9.17) is 0 Å². The molecule has 1 heterocycles. The van der Waals surface area contributed by atoms with Crippen LogP contribution in [0.2, 0.25) is 0 Å². The SMILES string of the molecule is O=S1(=O)OC(F)(F)C(F)(F)O1. The Morgan fingerprint density at radius 1 is 0.909 bits per heavy atom. The van der Waals surface area contributed by atoms with Gasteiger partial charge in [0.05, 0.1) is 0 Å². The summed E-state index contributed by atoms with van der Waals surface area (Å²) in [6.45, 7) is 0. The van der Waals surface area contributed by atoms with Crippen LogP contribution in [0.4, 0.5) is 17.6 Å². The second-order valence-electron chi connectivity index (χ2n) is 1.61. The summed E-state index contributed by atoms with van der Waals surface area (Å²) >= 11 is 0. The molecule has 66 valence electrons. The second-order valence-corrected chi connectivity index (χ2v) is 2.76. The maximum absolute atomic E-state index is 11.7. The molecule has 0 aliphatic carbocycles. The number of rotatable bonds is 0. The van der Waals surface area contributed by atoms with Crippen LogP contribution in [-0.4, -0.2) is 20.6 Å². The second kappa shape index (κ2) is 1.84. The van der Waals surface area contributed by atoms with Crippen LogP contribution >= 0.6 is 0 Å². The quantitative estimate of drug-likeness (QED) is 0.528. The van der Waals surface area contributed by atoms with Gasteiger partial charge in [0.2, 0.25) is 0 Å². The summed E-state index contributed by atoms with van der Waals surface area (Å²) < 4.78 is 71.9. The van der Waals surface area contributed by atoms with Crippen LogP contribution in [-0.2, 0) is 18.8 Å². The fraction of sp³-hybridized carbons (Fsp3) is 1.00. The van der Waals surface area contributed by atoms with Gasteiger partial charge in [-0.3, -0.25) is 0 Å². The molecule has 1 fully saturated rings. The van der Waals surface area contributed by atoms with Crippen molar-refractivity contribution in [1.29, 1.82) is 0 Å². The van der Waals surface area contributed by atoms with E-state index in [0.717, 1.165) is 0 Å². The zero-order chi connectivity index (χ0) is 8.91. The van der Waals surface area contributed by atoms with Crippen LogP contribution in [0.3, 0.4) is 0 Å². The first-order valence-corrected chi connectivity index (χ1v) is 3.41. The van der Waals surface area contributed by atoms with E-state index in [-0.39, 0.29) is 0 Å². The highest BCUT2D eigenvalue weighted by molar-refractivity contribution is 7.82. The zero-order valence-corrected chi connectivity index (χ0v) is 5.37. The van der Waals surface area contributed by atoms with Crippen LogP contribution < -0.4 is 0 Å². The van der Waals surface area contributed by atoms with Crippen molar-refractivity contribution in [3.05, 3.63) is 0 Å². The number of hydrogen-bond acceptors (Lipinski definition) is 4. The Morgan fingerprint density at radius 2 is 1.18 bits per heavy atom. The first-order chi connectivity index (χ1) is 4.66. The van der Waals surface area contributed by atoms with E-state index in [2.05, 4.69) is 8.37 Å². The summed E-state index contributed by atoms with van der Waals surface area (Å²) in [5, 5.41) is 0. The Morgan fingerprint density at radius 3 is 1.27 bits per heavy atom. The first-order valence-electron chi connectivity index (χ1n) is 2.08. The van der Waals surface area contributed by atoms with Crippen LogP contribution in [0.25, 0.3) is 0 Å². The lowest BCUT2D eigenvalue weighted by atomic mass is 10.6.